The van der Waals surface area contributed by atoms with Crippen LogP contribution < -0.4 is 20.1 Å². The highest BCUT2D eigenvalue weighted by atomic mass is 16.7. The fourth-order valence-corrected chi connectivity index (χ4v) is 2.48. The van der Waals surface area contributed by atoms with Crippen LogP contribution in [0.4, 0.5) is 10.5 Å². The number of benzene rings is 1. The number of nitrogens with zero attached hydrogens (tertiary/aromatic N) is 1. The second-order valence-corrected chi connectivity index (χ2v) is 5.24. The minimum atomic E-state index is -0.168. The molecule has 0 saturated carbocycles. The van der Waals surface area contributed by atoms with Crippen molar-refractivity contribution in [3.8, 4) is 11.5 Å². The number of amides is 2. The second-order valence-electron chi connectivity index (χ2n) is 5.24. The van der Waals surface area contributed by atoms with E-state index in [2.05, 4.69) is 22.6 Å². The van der Waals surface area contributed by atoms with Gasteiger partial charge in [-0.1, -0.05) is 0 Å². The van der Waals surface area contributed by atoms with E-state index in [4.69, 9.17) is 9.47 Å². The highest BCUT2D eigenvalue weighted by Crippen LogP contribution is 2.34. The monoisotopic (exact) mass is 277 g/mol. The van der Waals surface area contributed by atoms with Crippen molar-refractivity contribution in [2.24, 2.45) is 0 Å². The van der Waals surface area contributed by atoms with Gasteiger partial charge in [-0.05, 0) is 45.1 Å². The van der Waals surface area contributed by atoms with Crippen LogP contribution in [-0.4, -0.2) is 43.9 Å². The molecule has 2 amide bonds. The Labute approximate surface area is 118 Å². The van der Waals surface area contributed by atoms with E-state index in [1.807, 2.05) is 6.07 Å². The molecule has 6 heteroatoms. The Kier molecular flexibility index (Phi) is 3.64. The number of rotatable bonds is 2. The molecular formula is C14H19N3O3. The van der Waals surface area contributed by atoms with Crippen molar-refractivity contribution >= 4 is 11.7 Å². The molecule has 1 saturated heterocycles. The fraction of sp³-hybridized carbons (Fsp3) is 0.500. The van der Waals surface area contributed by atoms with Gasteiger partial charge in [-0.3, -0.25) is 0 Å². The van der Waals surface area contributed by atoms with E-state index in [0.717, 1.165) is 25.9 Å². The van der Waals surface area contributed by atoms with Gasteiger partial charge in [-0.2, -0.15) is 0 Å². The third-order valence-electron chi connectivity index (χ3n) is 3.68. The van der Waals surface area contributed by atoms with Crippen LogP contribution >= 0.6 is 0 Å². The lowest BCUT2D eigenvalue weighted by atomic mass is 10.1. The van der Waals surface area contributed by atoms with E-state index in [0.29, 0.717) is 17.2 Å². The van der Waals surface area contributed by atoms with Crippen LogP contribution in [0.2, 0.25) is 0 Å². The normalized spacial score (nSPS) is 18.9. The van der Waals surface area contributed by atoms with Crippen molar-refractivity contribution in [3.63, 3.8) is 0 Å². The van der Waals surface area contributed by atoms with E-state index in [1.54, 1.807) is 12.1 Å². The van der Waals surface area contributed by atoms with Crippen LogP contribution in [-0.2, 0) is 0 Å². The van der Waals surface area contributed by atoms with Crippen molar-refractivity contribution < 1.29 is 14.3 Å². The molecule has 0 atom stereocenters. The third-order valence-corrected chi connectivity index (χ3v) is 3.68. The van der Waals surface area contributed by atoms with E-state index < -0.39 is 0 Å². The summed E-state index contributed by atoms with van der Waals surface area (Å²) in [4.78, 5) is 14.2. The van der Waals surface area contributed by atoms with Crippen LogP contribution in [0.25, 0.3) is 0 Å². The summed E-state index contributed by atoms with van der Waals surface area (Å²) < 4.78 is 10.5. The van der Waals surface area contributed by atoms with Crippen LogP contribution in [0.1, 0.15) is 12.8 Å². The Bertz CT molecular complexity index is 498. The van der Waals surface area contributed by atoms with Crippen molar-refractivity contribution in [1.29, 1.82) is 0 Å². The Balaban J connectivity index is 1.54. The van der Waals surface area contributed by atoms with E-state index in [1.165, 1.54) is 0 Å². The summed E-state index contributed by atoms with van der Waals surface area (Å²) in [6.07, 6.45) is 1.98. The van der Waals surface area contributed by atoms with Gasteiger partial charge in [0.1, 0.15) is 0 Å². The van der Waals surface area contributed by atoms with Gasteiger partial charge < -0.3 is 25.0 Å². The van der Waals surface area contributed by atoms with Gasteiger partial charge in [0.2, 0.25) is 6.79 Å². The maximum absolute atomic E-state index is 12.0. The Morgan fingerprint density at radius 3 is 2.80 bits per heavy atom. The van der Waals surface area contributed by atoms with Gasteiger partial charge in [-0.15, -0.1) is 0 Å². The van der Waals surface area contributed by atoms with Crippen LogP contribution in [0.15, 0.2) is 18.2 Å². The van der Waals surface area contributed by atoms with Crippen molar-refractivity contribution in [1.82, 2.24) is 10.2 Å². The molecule has 2 heterocycles. The number of nitrogens with one attached hydrogen (secondary N) is 2. The topological polar surface area (TPSA) is 62.8 Å². The second kappa shape index (κ2) is 5.58. The molecule has 0 spiro atoms. The van der Waals surface area contributed by atoms with Crippen molar-refractivity contribution in [2.75, 3.05) is 32.2 Å². The Morgan fingerprint density at radius 1 is 1.25 bits per heavy atom. The van der Waals surface area contributed by atoms with E-state index >= 15 is 0 Å². The molecule has 1 aromatic rings. The van der Waals surface area contributed by atoms with E-state index in [9.17, 15) is 4.79 Å². The number of piperidine rings is 1. The quantitative estimate of drug-likeness (QED) is 0.862. The average Bonchev–Trinajstić information content (AvgIpc) is 2.89. The van der Waals surface area contributed by atoms with Gasteiger partial charge in [0, 0.05) is 17.8 Å². The molecule has 0 radical (unpaired) electrons. The van der Waals surface area contributed by atoms with Gasteiger partial charge in [0.25, 0.3) is 0 Å². The first kappa shape index (κ1) is 13.1. The lowest BCUT2D eigenvalue weighted by Gasteiger charge is -2.29. The first-order valence-corrected chi connectivity index (χ1v) is 6.86. The summed E-state index contributed by atoms with van der Waals surface area (Å²) >= 11 is 0. The molecular weight excluding hydrogens is 258 g/mol. The zero-order valence-electron chi connectivity index (χ0n) is 11.5. The summed E-state index contributed by atoms with van der Waals surface area (Å²) in [5.74, 6) is 1.38. The Morgan fingerprint density at radius 2 is 2.00 bits per heavy atom. The highest BCUT2D eigenvalue weighted by molar-refractivity contribution is 5.89. The average molecular weight is 277 g/mol. The molecule has 0 aliphatic carbocycles. The van der Waals surface area contributed by atoms with Crippen molar-refractivity contribution in [3.05, 3.63) is 18.2 Å². The minimum Gasteiger partial charge on any atom is -0.454 e. The molecule has 2 aliphatic heterocycles. The molecule has 0 bridgehead atoms. The number of fused-ring (bicyclic) bond motifs is 1. The molecule has 108 valence electrons. The minimum absolute atomic E-state index is 0.168. The summed E-state index contributed by atoms with van der Waals surface area (Å²) in [7, 11) is 2.10. The van der Waals surface area contributed by atoms with Crippen LogP contribution in [0, 0.1) is 0 Å². The lowest BCUT2D eigenvalue weighted by Crippen LogP contribution is -2.44. The number of urea groups is 1. The predicted octanol–water partition coefficient (Wildman–Crippen LogP) is 1.63. The Hall–Kier alpha value is -1.95. The molecule has 0 unspecified atom stereocenters. The molecule has 6 nitrogen and oxygen atoms in total. The first-order valence-electron chi connectivity index (χ1n) is 6.86. The van der Waals surface area contributed by atoms with Crippen LogP contribution in [0.3, 0.4) is 0 Å². The largest absolute Gasteiger partial charge is 0.454 e. The summed E-state index contributed by atoms with van der Waals surface area (Å²) in [5, 5.41) is 5.84. The van der Waals surface area contributed by atoms with Gasteiger partial charge >= 0.3 is 6.03 Å². The number of carbonyl (C=O) groups excluding carboxylic acids is 1. The van der Waals surface area contributed by atoms with Gasteiger partial charge in [0.15, 0.2) is 11.5 Å². The van der Waals surface area contributed by atoms with E-state index in [-0.39, 0.29) is 18.9 Å². The fourth-order valence-electron chi connectivity index (χ4n) is 2.48. The lowest BCUT2D eigenvalue weighted by molar-refractivity contribution is 0.174. The number of likely N-dealkylation sites (tertiary alicyclic amines) is 1. The number of hydrogen-bond acceptors (Lipinski definition) is 4. The number of carbonyl (C=O) groups is 1. The SMILES string of the molecule is CN1CCC(NC(=O)Nc2ccc3c(c2)OCO3)CC1. The molecule has 0 aromatic heterocycles. The maximum Gasteiger partial charge on any atom is 0.319 e. The van der Waals surface area contributed by atoms with Crippen molar-refractivity contribution in [2.45, 2.75) is 18.9 Å². The number of hydrogen-bond donors (Lipinski definition) is 2. The number of anilines is 1. The molecule has 1 aromatic carbocycles. The molecule has 20 heavy (non-hydrogen) atoms. The zero-order chi connectivity index (χ0) is 13.9. The predicted molar refractivity (Wildman–Crippen MR) is 75.2 cm³/mol. The summed E-state index contributed by atoms with van der Waals surface area (Å²) in [6.45, 7) is 2.28. The smallest absolute Gasteiger partial charge is 0.319 e. The first-order chi connectivity index (χ1) is 9.70. The van der Waals surface area contributed by atoms with Gasteiger partial charge in [0.05, 0.1) is 0 Å². The van der Waals surface area contributed by atoms with Crippen LogP contribution in [0.5, 0.6) is 11.5 Å². The third kappa shape index (κ3) is 2.96. The summed E-state index contributed by atoms with van der Waals surface area (Å²) in [5.41, 5.74) is 0.708. The van der Waals surface area contributed by atoms with Gasteiger partial charge in [-0.25, -0.2) is 4.79 Å². The standard InChI is InChI=1S/C14H19N3O3/c1-17-6-4-10(5-7-17)15-14(18)16-11-2-3-12-13(8-11)20-9-19-12/h2-3,8,10H,4-7,9H2,1H3,(H2,15,16,18). The maximum atomic E-state index is 12.0. The molecule has 2 N–H and O–H groups in total. The summed E-state index contributed by atoms with van der Waals surface area (Å²) in [6, 6.07) is 5.46. The molecule has 1 fully saturated rings. The number of ether oxygens (including phenoxy) is 2. The zero-order valence-corrected chi connectivity index (χ0v) is 11.5. The highest BCUT2D eigenvalue weighted by Gasteiger charge is 2.19. The molecule has 2 aliphatic rings. The molecule has 3 rings (SSSR count).